The fourth-order valence-electron chi connectivity index (χ4n) is 2.39. The maximum Gasteiger partial charge on any atom is 0.326 e. The molecule has 1 aliphatic heterocycles. The summed E-state index contributed by atoms with van der Waals surface area (Å²) in [4.78, 5) is 37.8. The number of amides is 2. The van der Waals surface area contributed by atoms with Gasteiger partial charge in [-0.2, -0.15) is 0 Å². The number of aliphatic carboxylic acids is 1. The molecule has 0 spiro atoms. The maximum atomic E-state index is 12.2. The lowest BCUT2D eigenvalue weighted by Crippen LogP contribution is -2.59. The molecule has 1 heterocycles. The first-order valence-corrected chi connectivity index (χ1v) is 7.02. The average molecular weight is 305 g/mol. The van der Waals surface area contributed by atoms with Gasteiger partial charge in [0.25, 0.3) is 0 Å². The van der Waals surface area contributed by atoms with Gasteiger partial charge >= 0.3 is 5.97 Å². The summed E-state index contributed by atoms with van der Waals surface area (Å²) in [5.74, 6) is -1.96. The Hall–Kier alpha value is -1.30. The second-order valence-corrected chi connectivity index (χ2v) is 6.19. The number of nitrogens with zero attached hydrogens (tertiary/aromatic N) is 2. The summed E-state index contributed by atoms with van der Waals surface area (Å²) < 4.78 is 0. The number of hydrogen-bond acceptors (Lipinski definition) is 3. The highest BCUT2D eigenvalue weighted by Crippen LogP contribution is 2.22. The number of carbonyl (C=O) groups excluding carboxylic acids is 2. The van der Waals surface area contributed by atoms with E-state index in [9.17, 15) is 19.5 Å². The first-order valence-electron chi connectivity index (χ1n) is 6.59. The fraction of sp³-hybridized carbons (Fsp3) is 0.769. The molecule has 0 saturated carbocycles. The molecule has 0 aromatic heterocycles. The topological polar surface area (TPSA) is 77.9 Å². The van der Waals surface area contributed by atoms with E-state index in [1.54, 1.807) is 20.8 Å². The van der Waals surface area contributed by atoms with Crippen LogP contribution in [-0.2, 0) is 14.4 Å². The molecule has 0 unspecified atom stereocenters. The molecular weight excluding hydrogens is 284 g/mol. The molecule has 1 aliphatic rings. The zero-order valence-electron chi connectivity index (χ0n) is 12.2. The highest BCUT2D eigenvalue weighted by atomic mass is 35.5. The van der Waals surface area contributed by atoms with Crippen LogP contribution in [0.4, 0.5) is 0 Å². The Morgan fingerprint density at radius 2 is 1.75 bits per heavy atom. The molecule has 0 aromatic rings. The highest BCUT2D eigenvalue weighted by molar-refractivity contribution is 6.30. The molecule has 2 amide bonds. The van der Waals surface area contributed by atoms with E-state index in [1.807, 2.05) is 0 Å². The third-order valence-electron chi connectivity index (χ3n) is 3.53. The standard InChI is InChI=1S/C13H21ClN2O4/c1-7(2)10(13(19)20)15(4)12(18)9-5-16(6-9)11(17)8(3)14/h7-10H,5-6H2,1-4H3,(H,19,20)/t8-,10+/m1/s1. The number of hydrogen-bond donors (Lipinski definition) is 1. The summed E-state index contributed by atoms with van der Waals surface area (Å²) in [5.41, 5.74) is 0. The van der Waals surface area contributed by atoms with Crippen LogP contribution >= 0.6 is 11.6 Å². The van der Waals surface area contributed by atoms with Gasteiger partial charge in [0.15, 0.2) is 0 Å². The molecule has 7 heteroatoms. The molecule has 20 heavy (non-hydrogen) atoms. The van der Waals surface area contributed by atoms with E-state index in [0.717, 1.165) is 0 Å². The van der Waals surface area contributed by atoms with Crippen LogP contribution in [0.15, 0.2) is 0 Å². The number of rotatable bonds is 5. The second kappa shape index (κ2) is 6.43. The molecule has 0 aliphatic carbocycles. The lowest BCUT2D eigenvalue weighted by atomic mass is 9.95. The largest absolute Gasteiger partial charge is 0.480 e. The number of likely N-dealkylation sites (N-methyl/N-ethyl adjacent to an activating group) is 1. The molecule has 1 saturated heterocycles. The van der Waals surface area contributed by atoms with Crippen LogP contribution in [0.2, 0.25) is 0 Å². The molecule has 0 bridgehead atoms. The Labute approximate surface area is 123 Å². The minimum Gasteiger partial charge on any atom is -0.480 e. The van der Waals surface area contributed by atoms with Crippen LogP contribution in [0, 0.1) is 11.8 Å². The minimum absolute atomic E-state index is 0.179. The molecule has 1 fully saturated rings. The van der Waals surface area contributed by atoms with Crippen LogP contribution in [-0.4, -0.2) is 64.2 Å². The van der Waals surface area contributed by atoms with Gasteiger partial charge in [-0.15, -0.1) is 11.6 Å². The van der Waals surface area contributed by atoms with Crippen LogP contribution in [0.25, 0.3) is 0 Å². The summed E-state index contributed by atoms with van der Waals surface area (Å²) in [6, 6.07) is -0.848. The third-order valence-corrected chi connectivity index (χ3v) is 3.72. The average Bonchev–Trinajstić information content (AvgIpc) is 2.25. The first kappa shape index (κ1) is 16.8. The summed E-state index contributed by atoms with van der Waals surface area (Å²) in [7, 11) is 1.50. The summed E-state index contributed by atoms with van der Waals surface area (Å²) in [6.45, 7) is 5.72. The van der Waals surface area contributed by atoms with Crippen molar-refractivity contribution in [2.45, 2.75) is 32.2 Å². The molecule has 2 atom stereocenters. The van der Waals surface area contributed by atoms with Gasteiger partial charge in [-0.3, -0.25) is 9.59 Å². The zero-order valence-corrected chi connectivity index (χ0v) is 12.9. The normalized spacial score (nSPS) is 18.4. The van der Waals surface area contributed by atoms with Crippen LogP contribution in [0.3, 0.4) is 0 Å². The Balaban J connectivity index is 2.60. The minimum atomic E-state index is -1.02. The number of carbonyl (C=O) groups is 3. The van der Waals surface area contributed by atoms with E-state index >= 15 is 0 Å². The predicted molar refractivity (Wildman–Crippen MR) is 74.4 cm³/mol. The van der Waals surface area contributed by atoms with Crippen molar-refractivity contribution < 1.29 is 19.5 Å². The van der Waals surface area contributed by atoms with Gasteiger partial charge in [0.1, 0.15) is 11.4 Å². The van der Waals surface area contributed by atoms with Crippen LogP contribution in [0.5, 0.6) is 0 Å². The van der Waals surface area contributed by atoms with Crippen LogP contribution in [0.1, 0.15) is 20.8 Å². The van der Waals surface area contributed by atoms with Gasteiger partial charge in [0, 0.05) is 20.1 Å². The first-order chi connectivity index (χ1) is 9.16. The second-order valence-electron chi connectivity index (χ2n) is 5.53. The molecule has 1 N–H and O–H groups in total. The monoisotopic (exact) mass is 304 g/mol. The molecule has 0 aromatic carbocycles. The van der Waals surface area contributed by atoms with Gasteiger partial charge in [-0.25, -0.2) is 4.79 Å². The Bertz CT molecular complexity index is 405. The number of halogens is 1. The van der Waals surface area contributed by atoms with Crippen molar-refractivity contribution in [2.24, 2.45) is 11.8 Å². The van der Waals surface area contributed by atoms with E-state index < -0.39 is 17.4 Å². The van der Waals surface area contributed by atoms with Gasteiger partial charge in [-0.05, 0) is 12.8 Å². The van der Waals surface area contributed by atoms with Crippen molar-refractivity contribution in [1.29, 1.82) is 0 Å². The molecule has 0 radical (unpaired) electrons. The third kappa shape index (κ3) is 3.42. The van der Waals surface area contributed by atoms with Crippen molar-refractivity contribution in [3.63, 3.8) is 0 Å². The van der Waals surface area contributed by atoms with E-state index in [-0.39, 0.29) is 23.7 Å². The molecule has 1 rings (SSSR count). The molecule has 6 nitrogen and oxygen atoms in total. The number of carboxylic acids is 1. The Kier molecular flexibility index (Phi) is 5.39. The lowest BCUT2D eigenvalue weighted by molar-refractivity contribution is -0.157. The number of alkyl halides is 1. The molecular formula is C13H21ClN2O4. The molecule has 114 valence electrons. The van der Waals surface area contributed by atoms with E-state index in [1.165, 1.54) is 16.8 Å². The van der Waals surface area contributed by atoms with E-state index in [2.05, 4.69) is 0 Å². The Morgan fingerprint density at radius 3 is 2.10 bits per heavy atom. The van der Waals surface area contributed by atoms with E-state index in [4.69, 9.17) is 11.6 Å². The fourth-order valence-corrected chi connectivity index (χ4v) is 2.53. The van der Waals surface area contributed by atoms with Crippen LogP contribution < -0.4 is 0 Å². The van der Waals surface area contributed by atoms with Crippen molar-refractivity contribution >= 4 is 29.4 Å². The van der Waals surface area contributed by atoms with Crippen molar-refractivity contribution in [1.82, 2.24) is 9.80 Å². The summed E-state index contributed by atoms with van der Waals surface area (Å²) >= 11 is 5.69. The summed E-state index contributed by atoms with van der Waals surface area (Å²) in [5, 5.41) is 8.57. The quantitative estimate of drug-likeness (QED) is 0.756. The van der Waals surface area contributed by atoms with Gasteiger partial charge in [0.2, 0.25) is 11.8 Å². The Morgan fingerprint density at radius 1 is 1.25 bits per heavy atom. The number of carboxylic acid groups (broad SMARTS) is 1. The summed E-state index contributed by atoms with van der Waals surface area (Å²) in [6.07, 6.45) is 0. The van der Waals surface area contributed by atoms with Crippen molar-refractivity contribution in [3.05, 3.63) is 0 Å². The predicted octanol–water partition coefficient (Wildman–Crippen LogP) is 0.640. The zero-order chi connectivity index (χ0) is 15.6. The van der Waals surface area contributed by atoms with Gasteiger partial charge < -0.3 is 14.9 Å². The van der Waals surface area contributed by atoms with Crippen molar-refractivity contribution in [3.8, 4) is 0 Å². The van der Waals surface area contributed by atoms with Gasteiger partial charge in [0.05, 0.1) is 5.92 Å². The lowest BCUT2D eigenvalue weighted by Gasteiger charge is -2.41. The number of likely N-dealkylation sites (tertiary alicyclic amines) is 1. The van der Waals surface area contributed by atoms with E-state index in [0.29, 0.717) is 13.1 Å². The maximum absolute atomic E-state index is 12.2. The van der Waals surface area contributed by atoms with Gasteiger partial charge in [-0.1, -0.05) is 13.8 Å². The highest BCUT2D eigenvalue weighted by Gasteiger charge is 2.41. The van der Waals surface area contributed by atoms with Crippen molar-refractivity contribution in [2.75, 3.05) is 20.1 Å². The smallest absolute Gasteiger partial charge is 0.326 e. The SMILES string of the molecule is CC(C)[C@@H](C(=O)O)N(C)C(=O)C1CN(C(=O)[C@@H](C)Cl)C1.